The predicted molar refractivity (Wildman–Crippen MR) is 52.5 cm³/mol. The summed E-state index contributed by atoms with van der Waals surface area (Å²) in [5.41, 5.74) is 0. The van der Waals surface area contributed by atoms with Gasteiger partial charge >= 0.3 is 12.1 Å². The van der Waals surface area contributed by atoms with Gasteiger partial charge in [-0.25, -0.2) is 0 Å². The van der Waals surface area contributed by atoms with Gasteiger partial charge in [0, 0.05) is 0 Å². The first-order valence-corrected chi connectivity index (χ1v) is 5.59. The minimum atomic E-state index is -4.54. The number of alkyl halides is 3. The molecule has 1 N–H and O–H groups in total. The van der Waals surface area contributed by atoms with E-state index in [0.717, 1.165) is 11.8 Å². The average molecular weight is 272 g/mol. The monoisotopic (exact) mass is 272 g/mol. The molecule has 0 atom stereocenters. The molecule has 0 fully saturated rings. The molecule has 0 spiro atoms. The molecule has 0 aliphatic rings. The fourth-order valence-electron chi connectivity index (χ4n) is 0.627. The third-order valence-corrected chi connectivity index (χ3v) is 3.71. The summed E-state index contributed by atoms with van der Waals surface area (Å²) in [5, 5.41) is 14.0. The highest BCUT2D eigenvalue weighted by Gasteiger charge is 2.37. The third-order valence-electron chi connectivity index (χ3n) is 1.51. The standard InChI is InChI=1S/C7H7F3N2O2S2/c1-6(2,4(13)14)16-5-12-11-3(15-5)7(8,9)10/h1-2H3,(H,13,14). The number of carboxylic acid groups (broad SMARTS) is 1. The fourth-order valence-corrected chi connectivity index (χ4v) is 2.71. The van der Waals surface area contributed by atoms with E-state index in [2.05, 4.69) is 10.2 Å². The zero-order chi connectivity index (χ0) is 12.6. The number of aromatic nitrogens is 2. The number of carbonyl (C=O) groups is 1. The summed E-state index contributed by atoms with van der Waals surface area (Å²) in [5.74, 6) is -1.12. The van der Waals surface area contributed by atoms with Crippen LogP contribution in [-0.2, 0) is 11.0 Å². The number of hydrogen-bond acceptors (Lipinski definition) is 5. The quantitative estimate of drug-likeness (QED) is 0.856. The van der Waals surface area contributed by atoms with Crippen molar-refractivity contribution in [1.82, 2.24) is 10.2 Å². The molecule has 9 heteroatoms. The Hall–Kier alpha value is -0.830. The molecule has 0 saturated carbocycles. The van der Waals surface area contributed by atoms with Gasteiger partial charge in [0.15, 0.2) is 4.34 Å². The van der Waals surface area contributed by atoms with E-state index in [0.29, 0.717) is 11.3 Å². The van der Waals surface area contributed by atoms with Crippen LogP contribution in [0.2, 0.25) is 0 Å². The molecular formula is C7H7F3N2O2S2. The number of hydrogen-bond donors (Lipinski definition) is 1. The van der Waals surface area contributed by atoms with E-state index in [1.807, 2.05) is 0 Å². The van der Waals surface area contributed by atoms with Gasteiger partial charge in [-0.2, -0.15) is 13.2 Å². The summed E-state index contributed by atoms with van der Waals surface area (Å²) in [6, 6.07) is 0. The molecule has 0 amide bonds. The van der Waals surface area contributed by atoms with Gasteiger partial charge in [-0.15, -0.1) is 10.2 Å². The smallest absolute Gasteiger partial charge is 0.445 e. The van der Waals surface area contributed by atoms with Gasteiger partial charge in [0.05, 0.1) is 0 Å². The van der Waals surface area contributed by atoms with Crippen LogP contribution in [0.4, 0.5) is 13.2 Å². The van der Waals surface area contributed by atoms with Crippen molar-refractivity contribution < 1.29 is 23.1 Å². The Morgan fingerprint density at radius 3 is 2.31 bits per heavy atom. The largest absolute Gasteiger partial charge is 0.480 e. The van der Waals surface area contributed by atoms with Gasteiger partial charge in [-0.05, 0) is 13.8 Å². The number of rotatable bonds is 3. The van der Waals surface area contributed by atoms with Crippen molar-refractivity contribution in [3.05, 3.63) is 5.01 Å². The van der Waals surface area contributed by atoms with Gasteiger partial charge in [0.2, 0.25) is 5.01 Å². The van der Waals surface area contributed by atoms with Gasteiger partial charge in [-0.3, -0.25) is 4.79 Å². The van der Waals surface area contributed by atoms with Crippen LogP contribution in [0.15, 0.2) is 4.34 Å². The Bertz CT molecular complexity index is 403. The van der Waals surface area contributed by atoms with Crippen LogP contribution in [0.25, 0.3) is 0 Å². The van der Waals surface area contributed by atoms with E-state index in [4.69, 9.17) is 5.11 Å². The van der Waals surface area contributed by atoms with E-state index in [-0.39, 0.29) is 4.34 Å². The molecule has 4 nitrogen and oxygen atoms in total. The summed E-state index contributed by atoms with van der Waals surface area (Å²) in [4.78, 5) is 10.7. The molecule has 1 aromatic heterocycles. The molecule has 1 aromatic rings. The van der Waals surface area contributed by atoms with Crippen LogP contribution in [-0.4, -0.2) is 26.0 Å². The maximum atomic E-state index is 12.2. The molecule has 0 aromatic carbocycles. The molecule has 0 unspecified atom stereocenters. The highest BCUT2D eigenvalue weighted by Crippen LogP contribution is 2.38. The Labute approximate surface area is 96.9 Å². The first-order valence-electron chi connectivity index (χ1n) is 3.96. The Balaban J connectivity index is 2.85. The van der Waals surface area contributed by atoms with E-state index in [1.54, 1.807) is 0 Å². The van der Waals surface area contributed by atoms with Crippen molar-refractivity contribution in [3.63, 3.8) is 0 Å². The number of halogens is 3. The molecule has 0 aliphatic heterocycles. The number of carboxylic acids is 1. The number of nitrogens with zero attached hydrogens (tertiary/aromatic N) is 2. The summed E-state index contributed by atoms with van der Waals surface area (Å²) < 4.78 is 35.3. The minimum absolute atomic E-state index is 0.0141. The van der Waals surface area contributed by atoms with Crippen molar-refractivity contribution >= 4 is 29.1 Å². The van der Waals surface area contributed by atoms with E-state index >= 15 is 0 Å². The van der Waals surface area contributed by atoms with Gasteiger partial charge < -0.3 is 5.11 Å². The molecule has 0 bridgehead atoms. The summed E-state index contributed by atoms with van der Waals surface area (Å²) >= 11 is 1.07. The average Bonchev–Trinajstić information content (AvgIpc) is 2.50. The zero-order valence-electron chi connectivity index (χ0n) is 8.20. The third kappa shape index (κ3) is 3.08. The highest BCUT2D eigenvalue weighted by atomic mass is 32.2. The topological polar surface area (TPSA) is 63.1 Å². The normalized spacial score (nSPS) is 12.8. The highest BCUT2D eigenvalue weighted by molar-refractivity contribution is 8.03. The van der Waals surface area contributed by atoms with E-state index in [9.17, 15) is 18.0 Å². The molecule has 90 valence electrons. The van der Waals surface area contributed by atoms with Crippen molar-refractivity contribution in [2.45, 2.75) is 29.1 Å². The van der Waals surface area contributed by atoms with Crippen LogP contribution in [0.3, 0.4) is 0 Å². The predicted octanol–water partition coefficient (Wildman–Crippen LogP) is 2.51. The van der Waals surface area contributed by atoms with Crippen LogP contribution >= 0.6 is 23.1 Å². The summed E-state index contributed by atoms with van der Waals surface area (Å²) in [6.45, 7) is 2.77. The van der Waals surface area contributed by atoms with Crippen molar-refractivity contribution in [2.24, 2.45) is 0 Å². The minimum Gasteiger partial charge on any atom is -0.480 e. The lowest BCUT2D eigenvalue weighted by molar-refractivity contribution is -0.139. The Morgan fingerprint density at radius 2 is 1.94 bits per heavy atom. The van der Waals surface area contributed by atoms with Crippen molar-refractivity contribution in [1.29, 1.82) is 0 Å². The second-order valence-electron chi connectivity index (χ2n) is 3.29. The fraction of sp³-hybridized carbons (Fsp3) is 0.571. The maximum Gasteiger partial charge on any atom is 0.445 e. The molecule has 16 heavy (non-hydrogen) atoms. The first kappa shape index (κ1) is 13.2. The zero-order valence-corrected chi connectivity index (χ0v) is 9.83. The van der Waals surface area contributed by atoms with Crippen LogP contribution in [0.5, 0.6) is 0 Å². The van der Waals surface area contributed by atoms with Gasteiger partial charge in [0.25, 0.3) is 0 Å². The molecule has 0 radical (unpaired) electrons. The first-order chi connectivity index (χ1) is 7.13. The summed E-state index contributed by atoms with van der Waals surface area (Å²) in [7, 11) is 0. The maximum absolute atomic E-state index is 12.2. The lowest BCUT2D eigenvalue weighted by atomic mass is 10.2. The second-order valence-corrected chi connectivity index (χ2v) is 6.14. The van der Waals surface area contributed by atoms with Gasteiger partial charge in [0.1, 0.15) is 4.75 Å². The molecule has 1 heterocycles. The molecular weight excluding hydrogens is 265 g/mol. The van der Waals surface area contributed by atoms with Crippen LogP contribution in [0.1, 0.15) is 18.9 Å². The van der Waals surface area contributed by atoms with Crippen molar-refractivity contribution in [2.75, 3.05) is 0 Å². The molecule has 0 aliphatic carbocycles. The van der Waals surface area contributed by atoms with Crippen molar-refractivity contribution in [3.8, 4) is 0 Å². The number of aliphatic carboxylic acids is 1. The number of thioether (sulfide) groups is 1. The van der Waals surface area contributed by atoms with E-state index < -0.39 is 21.9 Å². The van der Waals surface area contributed by atoms with Crippen LogP contribution < -0.4 is 0 Å². The van der Waals surface area contributed by atoms with Gasteiger partial charge in [-0.1, -0.05) is 23.1 Å². The lowest BCUT2D eigenvalue weighted by Gasteiger charge is -2.15. The summed E-state index contributed by atoms with van der Waals surface area (Å²) in [6.07, 6.45) is -4.54. The molecule has 1 rings (SSSR count). The SMILES string of the molecule is CC(C)(Sc1nnc(C(F)(F)F)s1)C(=O)O. The second kappa shape index (κ2) is 4.21. The lowest BCUT2D eigenvalue weighted by Crippen LogP contribution is -2.26. The van der Waals surface area contributed by atoms with Crippen LogP contribution in [0, 0.1) is 0 Å². The molecule has 0 saturated heterocycles. The Morgan fingerprint density at radius 1 is 1.38 bits per heavy atom. The Kier molecular flexibility index (Phi) is 3.48. The van der Waals surface area contributed by atoms with E-state index in [1.165, 1.54) is 13.8 Å².